The number of ether oxygens (including phenoxy) is 7. The van der Waals surface area contributed by atoms with Crippen molar-refractivity contribution in [3.63, 3.8) is 0 Å². The van der Waals surface area contributed by atoms with Crippen LogP contribution in [0.15, 0.2) is 69.6 Å². The van der Waals surface area contributed by atoms with Crippen molar-refractivity contribution in [1.82, 2.24) is 4.58 Å². The van der Waals surface area contributed by atoms with Crippen LogP contribution < -0.4 is 14.8 Å². The standard InChI is InChI=1S/C49H74N2O17S3/c1-48(2,3)43-37-40(68-46-36-39(12-14-42(43)46)50(17-8-35-70(55,56)57)19-22-63-27-30-67-33-32-65-25-24-61-5)10-7-11-47-49(4,16-21-62-26-29-66-31-28-64-23-20-52)44-38-41(71(58,59)60)13-15-45(44)51(47)18-9-34-69(6,53)54/h7,10-15,36-38,52H,8-9,16-35H2,1-6H3,(H-,55,56,57,58,59,60)/p+1. The highest BCUT2D eigenvalue weighted by Crippen LogP contribution is 2.51. The number of hydrogen-bond acceptors (Lipinski definition) is 16. The fourth-order valence-electron chi connectivity index (χ4n) is 8.06. The third kappa shape index (κ3) is 20.3. The highest BCUT2D eigenvalue weighted by molar-refractivity contribution is 7.90. The van der Waals surface area contributed by atoms with E-state index in [9.17, 15) is 34.4 Å². The van der Waals surface area contributed by atoms with Gasteiger partial charge in [0.2, 0.25) is 5.36 Å². The number of fused-ring (bicyclic) bond motifs is 2. The first-order valence-corrected chi connectivity index (χ1v) is 28.8. The normalized spacial score (nSPS) is 16.7. The fraction of sp³-hybridized carbons (Fsp3) is 0.612. The van der Waals surface area contributed by atoms with Gasteiger partial charge in [-0.25, -0.2) is 13.0 Å². The summed E-state index contributed by atoms with van der Waals surface area (Å²) in [4.78, 5) is 1.70. The van der Waals surface area contributed by atoms with Crippen LogP contribution in [-0.2, 0) is 74.1 Å². The number of sulfone groups is 1. The molecule has 400 valence electrons. The smallest absolute Gasteiger partial charge is 0.294 e. The van der Waals surface area contributed by atoms with E-state index in [1.165, 1.54) is 18.4 Å². The number of nitrogens with zero attached hydrogens (tertiary/aromatic N) is 2. The lowest BCUT2D eigenvalue weighted by Gasteiger charge is -2.30. The molecule has 1 aromatic carbocycles. The van der Waals surface area contributed by atoms with Crippen LogP contribution in [-0.4, -0.2) is 176 Å². The third-order valence-electron chi connectivity index (χ3n) is 11.6. The Bertz CT molecular complexity index is 2570. The van der Waals surface area contributed by atoms with Crippen molar-refractivity contribution in [2.75, 3.05) is 142 Å². The highest BCUT2D eigenvalue weighted by Gasteiger charge is 2.44. The molecule has 3 aliphatic rings. The van der Waals surface area contributed by atoms with Crippen LogP contribution in [0.5, 0.6) is 0 Å². The zero-order valence-electron chi connectivity index (χ0n) is 42.0. The molecule has 0 saturated heterocycles. The molecule has 1 aromatic rings. The summed E-state index contributed by atoms with van der Waals surface area (Å²) in [6.45, 7) is 13.7. The molecule has 0 spiro atoms. The molecule has 0 fully saturated rings. The van der Waals surface area contributed by atoms with E-state index >= 15 is 0 Å². The lowest BCUT2D eigenvalue weighted by molar-refractivity contribution is 0.00371. The van der Waals surface area contributed by atoms with E-state index < -0.39 is 41.2 Å². The summed E-state index contributed by atoms with van der Waals surface area (Å²) >= 11 is 0. The van der Waals surface area contributed by atoms with E-state index in [-0.39, 0.29) is 61.9 Å². The minimum absolute atomic E-state index is 0.0735. The van der Waals surface area contributed by atoms with Crippen molar-refractivity contribution in [1.29, 1.82) is 0 Å². The van der Waals surface area contributed by atoms with E-state index in [0.717, 1.165) is 22.2 Å². The van der Waals surface area contributed by atoms with Gasteiger partial charge in [0.1, 0.15) is 34.5 Å². The Labute approximate surface area is 420 Å². The molecule has 1 unspecified atom stereocenters. The Hall–Kier alpha value is -3.62. The van der Waals surface area contributed by atoms with Gasteiger partial charge in [-0.3, -0.25) is 9.11 Å². The van der Waals surface area contributed by atoms with Crippen LogP contribution >= 0.6 is 0 Å². The van der Waals surface area contributed by atoms with Crippen molar-refractivity contribution in [2.24, 2.45) is 0 Å². The number of aliphatic hydroxyl groups is 1. The number of aliphatic hydroxyl groups excluding tert-OH is 1. The first kappa shape index (κ1) is 59.9. The Morgan fingerprint density at radius 1 is 0.732 bits per heavy atom. The number of anilines is 1. The van der Waals surface area contributed by atoms with Gasteiger partial charge in [0, 0.05) is 61.4 Å². The molecule has 0 saturated carbocycles. The third-order valence-corrected chi connectivity index (χ3v) is 14.3. The van der Waals surface area contributed by atoms with E-state index in [1.807, 2.05) is 58.9 Å². The fourth-order valence-corrected chi connectivity index (χ4v) is 9.71. The summed E-state index contributed by atoms with van der Waals surface area (Å²) < 4.78 is 140. The Kier molecular flexibility index (Phi) is 24.3. The zero-order valence-corrected chi connectivity index (χ0v) is 44.5. The molecule has 2 aliphatic heterocycles. The average Bonchev–Trinajstić information content (AvgIpc) is 3.51. The predicted octanol–water partition coefficient (Wildman–Crippen LogP) is 4.22. The molecular formula is C49H75N2O17S3+. The molecule has 4 rings (SSSR count). The lowest BCUT2D eigenvalue weighted by atomic mass is 9.78. The summed E-state index contributed by atoms with van der Waals surface area (Å²) in [5, 5.41) is 9.65. The van der Waals surface area contributed by atoms with E-state index in [2.05, 4.69) is 20.8 Å². The van der Waals surface area contributed by atoms with Gasteiger partial charge in [0.25, 0.3) is 20.2 Å². The first-order chi connectivity index (χ1) is 33.6. The molecule has 0 aromatic heterocycles. The highest BCUT2D eigenvalue weighted by atomic mass is 32.2. The Morgan fingerprint density at radius 3 is 1.92 bits per heavy atom. The summed E-state index contributed by atoms with van der Waals surface area (Å²) in [7, 11) is -10.5. The maximum Gasteiger partial charge on any atom is 0.294 e. The van der Waals surface area contributed by atoms with E-state index in [4.69, 9.17) is 42.7 Å². The number of methoxy groups -OCH3 is 1. The maximum absolute atomic E-state index is 12.5. The van der Waals surface area contributed by atoms with Gasteiger partial charge >= 0.3 is 0 Å². The average molecular weight is 1060 g/mol. The van der Waals surface area contributed by atoms with Crippen molar-refractivity contribution in [2.45, 2.75) is 62.7 Å². The zero-order chi connectivity index (χ0) is 52.1. The molecule has 0 bridgehead atoms. The van der Waals surface area contributed by atoms with Crippen molar-refractivity contribution >= 4 is 41.8 Å². The summed E-state index contributed by atoms with van der Waals surface area (Å²) in [6.07, 6.45) is 7.55. The van der Waals surface area contributed by atoms with E-state index in [0.29, 0.717) is 108 Å². The minimum atomic E-state index is -4.58. The quantitative estimate of drug-likeness (QED) is 0.0431. The van der Waals surface area contributed by atoms with Crippen molar-refractivity contribution in [3.8, 4) is 11.3 Å². The van der Waals surface area contributed by atoms with Crippen LogP contribution in [0.3, 0.4) is 0 Å². The number of hydrogen-bond donors (Lipinski definition) is 3. The SMILES string of the molecule is COCCOCCOCCOCC[N+](CCCS(=O)(=O)O)=c1ccc2c(C(C)(C)C)cc(/C=C/C=C3/N(CCCS(C)(=O)=O)c4ccc(S(=O)(=O)O)cc4C3(C)CCOCCOCCOCCO)oc-2c1. The van der Waals surface area contributed by atoms with Gasteiger partial charge in [-0.2, -0.15) is 16.8 Å². The molecule has 0 radical (unpaired) electrons. The molecule has 19 nitrogen and oxygen atoms in total. The van der Waals surface area contributed by atoms with Crippen molar-refractivity contribution in [3.05, 3.63) is 82.6 Å². The van der Waals surface area contributed by atoms with Crippen LogP contribution in [0.4, 0.5) is 5.69 Å². The molecular weight excluding hydrogens is 985 g/mol. The second-order valence-corrected chi connectivity index (χ2v) is 23.5. The molecule has 71 heavy (non-hydrogen) atoms. The maximum atomic E-state index is 12.5. The number of allylic oxidation sites excluding steroid dienone is 3. The van der Waals surface area contributed by atoms with Gasteiger partial charge in [0.05, 0.1) is 102 Å². The number of rotatable bonds is 34. The monoisotopic (exact) mass is 1060 g/mol. The van der Waals surface area contributed by atoms with Crippen LogP contribution in [0.25, 0.3) is 17.4 Å². The molecule has 1 aliphatic carbocycles. The van der Waals surface area contributed by atoms with Crippen molar-refractivity contribution < 1.29 is 77.0 Å². The van der Waals surface area contributed by atoms with Gasteiger partial charge in [-0.1, -0.05) is 26.8 Å². The Balaban J connectivity index is 1.71. The topological polar surface area (TPSA) is 247 Å². The lowest BCUT2D eigenvalue weighted by Crippen LogP contribution is -2.35. The van der Waals surface area contributed by atoms with Gasteiger partial charge in [-0.15, -0.1) is 0 Å². The summed E-state index contributed by atoms with van der Waals surface area (Å²) in [6, 6.07) is 12.2. The van der Waals surface area contributed by atoms with Gasteiger partial charge in [-0.05, 0) is 78.8 Å². The second kappa shape index (κ2) is 28.7. The summed E-state index contributed by atoms with van der Waals surface area (Å²) in [5.41, 5.74) is 2.68. The molecule has 3 N–H and O–H groups in total. The molecule has 2 heterocycles. The molecule has 1 atom stereocenters. The van der Waals surface area contributed by atoms with Crippen LogP contribution in [0, 0.1) is 0 Å². The summed E-state index contributed by atoms with van der Waals surface area (Å²) in [5.74, 6) is 0.603. The second-order valence-electron chi connectivity index (χ2n) is 18.3. The predicted molar refractivity (Wildman–Crippen MR) is 271 cm³/mol. The minimum Gasteiger partial charge on any atom is -0.456 e. The van der Waals surface area contributed by atoms with E-state index in [1.54, 1.807) is 13.2 Å². The Morgan fingerprint density at radius 2 is 1.34 bits per heavy atom. The largest absolute Gasteiger partial charge is 0.456 e. The first-order valence-electron chi connectivity index (χ1n) is 23.7. The van der Waals surface area contributed by atoms with Crippen LogP contribution in [0.1, 0.15) is 63.8 Å². The van der Waals surface area contributed by atoms with Gasteiger partial charge in [0.15, 0.2) is 6.54 Å². The van der Waals surface area contributed by atoms with Crippen LogP contribution in [0.2, 0.25) is 0 Å². The van der Waals surface area contributed by atoms with Gasteiger partial charge < -0.3 is 47.6 Å². The molecule has 22 heteroatoms. The molecule has 0 amide bonds. The number of benzene rings is 2.